The Morgan fingerprint density at radius 2 is 2.14 bits per heavy atom. The minimum atomic E-state index is -0.494. The first kappa shape index (κ1) is 15.9. The van der Waals surface area contributed by atoms with Gasteiger partial charge in [-0.05, 0) is 25.1 Å². The van der Waals surface area contributed by atoms with Crippen molar-refractivity contribution < 1.29 is 13.3 Å². The van der Waals surface area contributed by atoms with E-state index >= 15 is 0 Å². The largest absolute Gasteiger partial charge is 0.357 e. The highest BCUT2D eigenvalue weighted by Crippen LogP contribution is 2.10. The topological polar surface area (TPSA) is 75.3 Å². The summed E-state index contributed by atoms with van der Waals surface area (Å²) in [6.07, 6.45) is 0. The van der Waals surface area contributed by atoms with Gasteiger partial charge in [0.2, 0.25) is 5.89 Å². The van der Waals surface area contributed by atoms with Gasteiger partial charge >= 0.3 is 0 Å². The van der Waals surface area contributed by atoms with Gasteiger partial charge in [0.25, 0.3) is 0 Å². The van der Waals surface area contributed by atoms with Crippen LogP contribution < -0.4 is 10.6 Å². The third-order valence-electron chi connectivity index (χ3n) is 2.74. The molecule has 2 N–H and O–H groups in total. The lowest BCUT2D eigenvalue weighted by Gasteiger charge is -2.09. The first-order valence-corrected chi connectivity index (χ1v) is 6.83. The van der Waals surface area contributed by atoms with Crippen LogP contribution in [0.3, 0.4) is 0 Å². The lowest BCUT2D eigenvalue weighted by molar-refractivity contribution is 0.387. The maximum Gasteiger partial charge on any atom is 0.223 e. The molecule has 8 heteroatoms. The van der Waals surface area contributed by atoms with Crippen LogP contribution in [0, 0.1) is 18.6 Å². The monoisotopic (exact) mass is 309 g/mol. The van der Waals surface area contributed by atoms with Crippen LogP contribution in [0.2, 0.25) is 0 Å². The molecule has 0 aliphatic heterocycles. The van der Waals surface area contributed by atoms with Crippen LogP contribution in [0.25, 0.3) is 0 Å². The van der Waals surface area contributed by atoms with E-state index in [9.17, 15) is 8.78 Å². The van der Waals surface area contributed by atoms with Gasteiger partial charge in [0, 0.05) is 19.0 Å². The molecule has 0 saturated carbocycles. The first-order valence-electron chi connectivity index (χ1n) is 6.83. The summed E-state index contributed by atoms with van der Waals surface area (Å²) in [5.41, 5.74) is 0.188. The fraction of sp³-hybridized carbons (Fsp3) is 0.357. The highest BCUT2D eigenvalue weighted by atomic mass is 19.1. The van der Waals surface area contributed by atoms with Crippen LogP contribution >= 0.6 is 0 Å². The Morgan fingerprint density at radius 3 is 2.82 bits per heavy atom. The minimum Gasteiger partial charge on any atom is -0.357 e. The Hall–Kier alpha value is -2.51. The second-order valence-electron chi connectivity index (χ2n) is 4.51. The molecule has 22 heavy (non-hydrogen) atoms. The molecular weight excluding hydrogens is 292 g/mol. The number of hydrogen-bond donors (Lipinski definition) is 2. The quantitative estimate of drug-likeness (QED) is 0.652. The van der Waals surface area contributed by atoms with Crippen LogP contribution in [-0.2, 0) is 13.1 Å². The highest BCUT2D eigenvalue weighted by molar-refractivity contribution is 5.79. The summed E-state index contributed by atoms with van der Waals surface area (Å²) in [7, 11) is 0. The normalized spacial score (nSPS) is 11.5. The molecule has 0 fully saturated rings. The summed E-state index contributed by atoms with van der Waals surface area (Å²) in [6, 6.07) is 3.29. The smallest absolute Gasteiger partial charge is 0.223 e. The van der Waals surface area contributed by atoms with Crippen molar-refractivity contribution in [2.45, 2.75) is 26.9 Å². The number of halogens is 2. The Balaban J connectivity index is 2.01. The van der Waals surface area contributed by atoms with E-state index in [4.69, 9.17) is 4.52 Å². The number of benzene rings is 1. The van der Waals surface area contributed by atoms with Crippen molar-refractivity contribution in [2.24, 2.45) is 4.99 Å². The van der Waals surface area contributed by atoms with Crippen LogP contribution in [0.5, 0.6) is 0 Å². The maximum atomic E-state index is 13.6. The van der Waals surface area contributed by atoms with Gasteiger partial charge in [-0.1, -0.05) is 5.16 Å². The Kier molecular flexibility index (Phi) is 5.40. The van der Waals surface area contributed by atoms with Gasteiger partial charge < -0.3 is 15.2 Å². The Morgan fingerprint density at radius 1 is 1.32 bits per heavy atom. The Labute approximate surface area is 126 Å². The summed E-state index contributed by atoms with van der Waals surface area (Å²) in [5.74, 6) is 0.427. The zero-order valence-electron chi connectivity index (χ0n) is 12.4. The van der Waals surface area contributed by atoms with E-state index < -0.39 is 11.6 Å². The van der Waals surface area contributed by atoms with E-state index in [0.29, 0.717) is 30.8 Å². The summed E-state index contributed by atoms with van der Waals surface area (Å²) in [4.78, 5) is 8.26. The summed E-state index contributed by atoms with van der Waals surface area (Å²) >= 11 is 0. The van der Waals surface area contributed by atoms with E-state index in [1.807, 2.05) is 6.92 Å². The van der Waals surface area contributed by atoms with Crippen LogP contribution in [0.1, 0.15) is 24.2 Å². The maximum absolute atomic E-state index is 13.6. The molecule has 0 aliphatic carbocycles. The molecule has 1 aromatic heterocycles. The molecule has 118 valence electrons. The SMILES string of the molecule is CCNC(=NCc1cc(F)ccc1F)NCc1noc(C)n1. The molecule has 6 nitrogen and oxygen atoms in total. The number of aromatic nitrogens is 2. The zero-order valence-corrected chi connectivity index (χ0v) is 12.4. The van der Waals surface area contributed by atoms with Crippen molar-refractivity contribution in [1.29, 1.82) is 0 Å². The molecule has 1 aromatic carbocycles. The van der Waals surface area contributed by atoms with E-state index in [1.54, 1.807) is 6.92 Å². The fourth-order valence-corrected chi connectivity index (χ4v) is 1.75. The van der Waals surface area contributed by atoms with Crippen molar-refractivity contribution in [1.82, 2.24) is 20.8 Å². The van der Waals surface area contributed by atoms with Crippen molar-refractivity contribution in [2.75, 3.05) is 6.54 Å². The van der Waals surface area contributed by atoms with Crippen molar-refractivity contribution in [3.63, 3.8) is 0 Å². The summed E-state index contributed by atoms with van der Waals surface area (Å²) in [5, 5.41) is 9.74. The lowest BCUT2D eigenvalue weighted by atomic mass is 10.2. The Bertz CT molecular complexity index is 656. The molecule has 0 radical (unpaired) electrons. The number of rotatable bonds is 5. The van der Waals surface area contributed by atoms with Gasteiger partial charge in [0.1, 0.15) is 11.6 Å². The third kappa shape index (κ3) is 4.51. The van der Waals surface area contributed by atoms with Gasteiger partial charge in [-0.25, -0.2) is 13.8 Å². The summed E-state index contributed by atoms with van der Waals surface area (Å²) in [6.45, 7) is 4.56. The predicted molar refractivity (Wildman–Crippen MR) is 77.0 cm³/mol. The average molecular weight is 309 g/mol. The third-order valence-corrected chi connectivity index (χ3v) is 2.74. The van der Waals surface area contributed by atoms with Crippen molar-refractivity contribution >= 4 is 5.96 Å². The molecule has 2 aromatic rings. The molecule has 0 aliphatic rings. The van der Waals surface area contributed by atoms with Crippen LogP contribution in [0.4, 0.5) is 8.78 Å². The molecule has 2 rings (SSSR count). The van der Waals surface area contributed by atoms with Gasteiger partial charge in [-0.2, -0.15) is 4.98 Å². The number of hydrogen-bond acceptors (Lipinski definition) is 4. The molecule has 0 unspecified atom stereocenters. The highest BCUT2D eigenvalue weighted by Gasteiger charge is 2.06. The second-order valence-corrected chi connectivity index (χ2v) is 4.51. The molecule has 1 heterocycles. The number of aryl methyl sites for hydroxylation is 1. The van der Waals surface area contributed by atoms with Crippen LogP contribution in [-0.4, -0.2) is 22.6 Å². The molecule has 0 spiro atoms. The minimum absolute atomic E-state index is 0.0181. The van der Waals surface area contributed by atoms with Gasteiger partial charge in [0.05, 0.1) is 13.1 Å². The number of nitrogens with one attached hydrogen (secondary N) is 2. The molecule has 0 bridgehead atoms. The zero-order chi connectivity index (χ0) is 15.9. The van der Waals surface area contributed by atoms with E-state index in [2.05, 4.69) is 25.8 Å². The average Bonchev–Trinajstić information content (AvgIpc) is 2.91. The van der Waals surface area contributed by atoms with Gasteiger partial charge in [0.15, 0.2) is 11.8 Å². The summed E-state index contributed by atoms with van der Waals surface area (Å²) < 4.78 is 31.5. The first-order chi connectivity index (χ1) is 10.6. The van der Waals surface area contributed by atoms with Gasteiger partial charge in [-0.3, -0.25) is 0 Å². The molecule has 0 saturated heterocycles. The second kappa shape index (κ2) is 7.48. The van der Waals surface area contributed by atoms with Crippen molar-refractivity contribution in [3.8, 4) is 0 Å². The van der Waals surface area contributed by atoms with Crippen molar-refractivity contribution in [3.05, 3.63) is 47.1 Å². The number of guanidine groups is 1. The van der Waals surface area contributed by atoms with E-state index in [-0.39, 0.29) is 12.1 Å². The lowest BCUT2D eigenvalue weighted by Crippen LogP contribution is -2.37. The number of nitrogens with zero attached hydrogens (tertiary/aromatic N) is 3. The number of aliphatic imine (C=N–C) groups is 1. The predicted octanol–water partition coefficient (Wildman–Crippen LogP) is 1.91. The molecular formula is C14H17F2N5O. The standard InChI is InChI=1S/C14H17F2N5O/c1-3-17-14(19-8-13-20-9(2)22-21-13)18-7-10-6-11(15)4-5-12(10)16/h4-6H,3,7-8H2,1-2H3,(H2,17,18,19). The van der Waals surface area contributed by atoms with E-state index in [0.717, 1.165) is 18.2 Å². The van der Waals surface area contributed by atoms with Gasteiger partial charge in [-0.15, -0.1) is 0 Å². The molecule has 0 atom stereocenters. The fourth-order valence-electron chi connectivity index (χ4n) is 1.75. The van der Waals surface area contributed by atoms with Crippen LogP contribution in [0.15, 0.2) is 27.7 Å². The molecule has 0 amide bonds. The van der Waals surface area contributed by atoms with E-state index in [1.165, 1.54) is 0 Å².